The van der Waals surface area contributed by atoms with Crippen LogP contribution in [0.3, 0.4) is 0 Å². The lowest BCUT2D eigenvalue weighted by molar-refractivity contribution is 0.0984. The minimum atomic E-state index is -0.00870. The van der Waals surface area contributed by atoms with Gasteiger partial charge in [-0.3, -0.25) is 9.78 Å². The number of anilines is 1. The summed E-state index contributed by atoms with van der Waals surface area (Å²) in [5.41, 5.74) is 1.52. The predicted octanol–water partition coefficient (Wildman–Crippen LogP) is 3.26. The second kappa shape index (κ2) is 4.81. The normalized spacial score (nSPS) is 14.4. The minimum Gasteiger partial charge on any atom is -0.339 e. The SMILES string of the molecule is CN(C(=O)c1cc(Br)cn1C1CC1)c1cccnc1. The van der Waals surface area contributed by atoms with E-state index in [1.807, 2.05) is 24.4 Å². The fourth-order valence-electron chi connectivity index (χ4n) is 2.11. The van der Waals surface area contributed by atoms with Crippen LogP contribution in [0.5, 0.6) is 0 Å². The van der Waals surface area contributed by atoms with E-state index in [0.29, 0.717) is 6.04 Å². The molecule has 0 aromatic carbocycles. The fraction of sp³-hybridized carbons (Fsp3) is 0.286. The van der Waals surface area contributed by atoms with Crippen molar-refractivity contribution < 1.29 is 4.79 Å². The van der Waals surface area contributed by atoms with Crippen LogP contribution < -0.4 is 4.90 Å². The number of carbonyl (C=O) groups excluding carboxylic acids is 1. The number of hydrogen-bond donors (Lipinski definition) is 0. The lowest BCUT2D eigenvalue weighted by Gasteiger charge is -2.17. The third kappa shape index (κ3) is 2.42. The maximum Gasteiger partial charge on any atom is 0.274 e. The molecule has 19 heavy (non-hydrogen) atoms. The van der Waals surface area contributed by atoms with Crippen molar-refractivity contribution in [3.63, 3.8) is 0 Å². The summed E-state index contributed by atoms with van der Waals surface area (Å²) in [7, 11) is 1.78. The van der Waals surface area contributed by atoms with Crippen LogP contribution in [0.2, 0.25) is 0 Å². The molecule has 2 heterocycles. The lowest BCUT2D eigenvalue weighted by atomic mass is 10.3. The van der Waals surface area contributed by atoms with E-state index >= 15 is 0 Å². The highest BCUT2D eigenvalue weighted by Crippen LogP contribution is 2.37. The molecule has 1 saturated carbocycles. The van der Waals surface area contributed by atoms with E-state index in [0.717, 1.165) is 28.7 Å². The van der Waals surface area contributed by atoms with Crippen molar-refractivity contribution >= 4 is 27.5 Å². The number of rotatable bonds is 3. The first-order valence-electron chi connectivity index (χ1n) is 6.22. The third-order valence-electron chi connectivity index (χ3n) is 3.31. The molecule has 0 N–H and O–H groups in total. The highest BCUT2D eigenvalue weighted by atomic mass is 79.9. The Morgan fingerprint density at radius 1 is 1.53 bits per heavy atom. The number of carbonyl (C=O) groups is 1. The number of nitrogens with zero attached hydrogens (tertiary/aromatic N) is 3. The summed E-state index contributed by atoms with van der Waals surface area (Å²) < 4.78 is 3.02. The van der Waals surface area contributed by atoms with Gasteiger partial charge in [-0.25, -0.2) is 0 Å². The number of hydrogen-bond acceptors (Lipinski definition) is 2. The van der Waals surface area contributed by atoms with Crippen LogP contribution in [-0.2, 0) is 0 Å². The molecule has 1 aliphatic rings. The van der Waals surface area contributed by atoms with E-state index in [4.69, 9.17) is 0 Å². The van der Waals surface area contributed by atoms with Gasteiger partial charge >= 0.3 is 0 Å². The summed E-state index contributed by atoms with van der Waals surface area (Å²) >= 11 is 3.45. The molecule has 1 amide bonds. The third-order valence-corrected chi connectivity index (χ3v) is 3.75. The monoisotopic (exact) mass is 319 g/mol. The van der Waals surface area contributed by atoms with Crippen molar-refractivity contribution in [3.8, 4) is 0 Å². The highest BCUT2D eigenvalue weighted by molar-refractivity contribution is 9.10. The quantitative estimate of drug-likeness (QED) is 0.871. The van der Waals surface area contributed by atoms with Gasteiger partial charge in [-0.1, -0.05) is 0 Å². The Morgan fingerprint density at radius 3 is 2.95 bits per heavy atom. The summed E-state index contributed by atoms with van der Waals surface area (Å²) in [4.78, 5) is 18.2. The van der Waals surface area contributed by atoms with Crippen LogP contribution >= 0.6 is 15.9 Å². The molecule has 0 spiro atoms. The molecule has 2 aromatic rings. The van der Waals surface area contributed by atoms with Crippen LogP contribution in [0.15, 0.2) is 41.3 Å². The Balaban J connectivity index is 1.91. The van der Waals surface area contributed by atoms with Crippen LogP contribution in [0.25, 0.3) is 0 Å². The average Bonchev–Trinajstić information content (AvgIpc) is 3.21. The average molecular weight is 320 g/mol. The molecular formula is C14H14BrN3O. The molecule has 0 aliphatic heterocycles. The Hall–Kier alpha value is -1.62. The van der Waals surface area contributed by atoms with Crippen molar-refractivity contribution in [2.45, 2.75) is 18.9 Å². The second-order valence-corrected chi connectivity index (χ2v) is 5.67. The molecule has 2 aromatic heterocycles. The molecule has 0 bridgehead atoms. The lowest BCUT2D eigenvalue weighted by Crippen LogP contribution is -2.28. The molecular weight excluding hydrogens is 306 g/mol. The molecule has 0 saturated heterocycles. The minimum absolute atomic E-state index is 0.00870. The van der Waals surface area contributed by atoms with Gasteiger partial charge in [0.2, 0.25) is 0 Å². The van der Waals surface area contributed by atoms with Crippen LogP contribution in [0.1, 0.15) is 29.4 Å². The topological polar surface area (TPSA) is 38.1 Å². The molecule has 4 nitrogen and oxygen atoms in total. The zero-order valence-electron chi connectivity index (χ0n) is 10.6. The van der Waals surface area contributed by atoms with Crippen molar-refractivity contribution in [3.05, 3.63) is 47.0 Å². The van der Waals surface area contributed by atoms with Crippen molar-refractivity contribution in [1.82, 2.24) is 9.55 Å². The molecule has 0 atom stereocenters. The Morgan fingerprint density at radius 2 is 2.32 bits per heavy atom. The largest absolute Gasteiger partial charge is 0.339 e. The molecule has 1 fully saturated rings. The number of pyridine rings is 1. The van der Waals surface area contributed by atoms with Crippen LogP contribution in [0.4, 0.5) is 5.69 Å². The molecule has 0 unspecified atom stereocenters. The van der Waals surface area contributed by atoms with Gasteiger partial charge in [-0.2, -0.15) is 0 Å². The Labute approximate surface area is 120 Å². The van der Waals surface area contributed by atoms with E-state index in [9.17, 15) is 4.79 Å². The van der Waals surface area contributed by atoms with Crippen LogP contribution in [-0.4, -0.2) is 22.5 Å². The van der Waals surface area contributed by atoms with Gasteiger partial charge in [0.25, 0.3) is 5.91 Å². The Bertz CT molecular complexity index is 604. The maximum absolute atomic E-state index is 12.6. The van der Waals surface area contributed by atoms with Crippen LogP contribution in [0, 0.1) is 0 Å². The number of aromatic nitrogens is 2. The first-order valence-corrected chi connectivity index (χ1v) is 7.01. The van der Waals surface area contributed by atoms with E-state index in [2.05, 4.69) is 25.5 Å². The first kappa shape index (κ1) is 12.4. The summed E-state index contributed by atoms with van der Waals surface area (Å²) in [5, 5.41) is 0. The highest BCUT2D eigenvalue weighted by Gasteiger charge is 2.29. The van der Waals surface area contributed by atoms with E-state index in [1.165, 1.54) is 0 Å². The fourth-order valence-corrected chi connectivity index (χ4v) is 2.55. The maximum atomic E-state index is 12.6. The molecule has 5 heteroatoms. The standard InChI is InChI=1S/C14H14BrN3O/c1-17(12-3-2-6-16-8-12)14(19)13-7-10(15)9-18(13)11-4-5-11/h2-3,6-9,11H,4-5H2,1H3. The van der Waals surface area contributed by atoms with Crippen molar-refractivity contribution in [2.24, 2.45) is 0 Å². The van der Waals surface area contributed by atoms with Crippen molar-refractivity contribution in [1.29, 1.82) is 0 Å². The summed E-state index contributed by atoms with van der Waals surface area (Å²) in [6, 6.07) is 6.07. The summed E-state index contributed by atoms with van der Waals surface area (Å²) in [6.45, 7) is 0. The van der Waals surface area contributed by atoms with E-state index in [-0.39, 0.29) is 5.91 Å². The van der Waals surface area contributed by atoms with Gasteiger partial charge in [0.15, 0.2) is 0 Å². The summed E-state index contributed by atoms with van der Waals surface area (Å²) in [5.74, 6) is -0.00870. The van der Waals surface area contributed by atoms with Crippen molar-refractivity contribution in [2.75, 3.05) is 11.9 Å². The first-order chi connectivity index (χ1) is 9.16. The van der Waals surface area contributed by atoms with Gasteiger partial charge in [-0.15, -0.1) is 0 Å². The zero-order valence-corrected chi connectivity index (χ0v) is 12.2. The van der Waals surface area contributed by atoms with E-state index in [1.54, 1.807) is 24.3 Å². The zero-order chi connectivity index (χ0) is 13.4. The van der Waals surface area contributed by atoms with Gasteiger partial charge < -0.3 is 9.47 Å². The van der Waals surface area contributed by atoms with Gasteiger partial charge in [0.05, 0.1) is 11.9 Å². The Kier molecular flexibility index (Phi) is 3.14. The molecule has 3 rings (SSSR count). The summed E-state index contributed by atoms with van der Waals surface area (Å²) in [6.07, 6.45) is 7.68. The van der Waals surface area contributed by atoms with Gasteiger partial charge in [0, 0.05) is 30.0 Å². The molecule has 1 aliphatic carbocycles. The van der Waals surface area contributed by atoms with Gasteiger partial charge in [0.1, 0.15) is 5.69 Å². The number of halogens is 1. The predicted molar refractivity (Wildman–Crippen MR) is 77.4 cm³/mol. The molecule has 98 valence electrons. The number of amides is 1. The van der Waals surface area contributed by atoms with E-state index < -0.39 is 0 Å². The molecule has 0 radical (unpaired) electrons. The smallest absolute Gasteiger partial charge is 0.274 e. The van der Waals surface area contributed by atoms with Gasteiger partial charge in [-0.05, 0) is 47.0 Å². The second-order valence-electron chi connectivity index (χ2n) is 4.76.